The summed E-state index contributed by atoms with van der Waals surface area (Å²) in [6, 6.07) is 1.69. The molecule has 0 amide bonds. The van der Waals surface area contributed by atoms with Gasteiger partial charge in [-0.3, -0.25) is 4.57 Å². The van der Waals surface area contributed by atoms with Crippen LogP contribution in [-0.2, 0) is 16.8 Å². The van der Waals surface area contributed by atoms with Gasteiger partial charge in [0.1, 0.15) is 16.9 Å². The predicted octanol–water partition coefficient (Wildman–Crippen LogP) is 2.47. The van der Waals surface area contributed by atoms with E-state index in [2.05, 4.69) is 9.97 Å². The fourth-order valence-corrected chi connectivity index (χ4v) is 2.06. The number of hydrogen-bond acceptors (Lipinski definition) is 3. The maximum absolute atomic E-state index is 11.4. The maximum atomic E-state index is 11.4. The van der Waals surface area contributed by atoms with Crippen LogP contribution in [0.5, 0.6) is 0 Å². The van der Waals surface area contributed by atoms with Gasteiger partial charge < -0.3 is 5.11 Å². The quantitative estimate of drug-likeness (QED) is 0.928. The lowest BCUT2D eigenvalue weighted by atomic mass is 10.1. The van der Waals surface area contributed by atoms with Gasteiger partial charge >= 0.3 is 5.97 Å². The van der Waals surface area contributed by atoms with E-state index >= 15 is 0 Å². The monoisotopic (exact) mass is 267 g/mol. The molecule has 0 radical (unpaired) electrons. The zero-order valence-corrected chi connectivity index (χ0v) is 11.2. The predicted molar refractivity (Wildman–Crippen MR) is 68.9 cm³/mol. The fourth-order valence-electron chi connectivity index (χ4n) is 1.91. The number of carboxylic acid groups (broad SMARTS) is 1. The highest BCUT2D eigenvalue weighted by molar-refractivity contribution is 6.31. The summed E-state index contributed by atoms with van der Waals surface area (Å²) < 4.78 is 1.65. The largest absolute Gasteiger partial charge is 0.480 e. The van der Waals surface area contributed by atoms with Crippen LogP contribution in [-0.4, -0.2) is 25.6 Å². The summed E-state index contributed by atoms with van der Waals surface area (Å²) >= 11 is 5.87. The number of nitrogens with zero attached hydrogens (tertiary/aromatic N) is 3. The molecule has 0 spiro atoms. The molecule has 0 aromatic carbocycles. The van der Waals surface area contributed by atoms with E-state index in [1.165, 1.54) is 6.20 Å². The van der Waals surface area contributed by atoms with Gasteiger partial charge in [0.2, 0.25) is 0 Å². The van der Waals surface area contributed by atoms with Gasteiger partial charge in [0.25, 0.3) is 0 Å². The molecule has 0 unspecified atom stereocenters. The van der Waals surface area contributed by atoms with Crippen molar-refractivity contribution in [3.05, 3.63) is 23.1 Å². The van der Waals surface area contributed by atoms with Crippen LogP contribution in [0.4, 0.5) is 0 Å². The smallest absolute Gasteiger partial charge is 0.329 e. The number of halogens is 1. The van der Waals surface area contributed by atoms with Crippen molar-refractivity contribution in [3.8, 4) is 0 Å². The van der Waals surface area contributed by atoms with Crippen molar-refractivity contribution in [1.82, 2.24) is 14.5 Å². The third kappa shape index (κ3) is 1.84. The topological polar surface area (TPSA) is 68.0 Å². The molecular weight excluding hydrogens is 254 g/mol. The highest BCUT2D eigenvalue weighted by Crippen LogP contribution is 2.26. The normalized spacial score (nSPS) is 12.0. The summed E-state index contributed by atoms with van der Waals surface area (Å²) in [5, 5.41) is 9.83. The second-order valence-electron chi connectivity index (χ2n) is 4.58. The van der Waals surface area contributed by atoms with E-state index in [9.17, 15) is 9.90 Å². The van der Waals surface area contributed by atoms with E-state index in [1.54, 1.807) is 24.5 Å². The minimum absolute atomic E-state index is 0.489. The summed E-state index contributed by atoms with van der Waals surface area (Å²) in [4.78, 5) is 20.0. The molecule has 0 aliphatic heterocycles. The molecule has 18 heavy (non-hydrogen) atoms. The average molecular weight is 268 g/mol. The molecule has 0 atom stereocenters. The third-order valence-electron chi connectivity index (χ3n) is 2.93. The number of rotatable bonds is 3. The van der Waals surface area contributed by atoms with Gasteiger partial charge in [0.05, 0.1) is 5.02 Å². The number of aliphatic carboxylic acids is 1. The zero-order chi connectivity index (χ0) is 13.5. The van der Waals surface area contributed by atoms with Crippen molar-refractivity contribution in [2.24, 2.45) is 0 Å². The molecule has 0 saturated carbocycles. The number of carbonyl (C=O) groups is 1. The molecule has 2 heterocycles. The van der Waals surface area contributed by atoms with E-state index < -0.39 is 11.5 Å². The van der Waals surface area contributed by atoms with Crippen LogP contribution in [0.2, 0.25) is 5.02 Å². The molecule has 0 aliphatic rings. The van der Waals surface area contributed by atoms with Gasteiger partial charge in [-0.15, -0.1) is 0 Å². The van der Waals surface area contributed by atoms with Crippen molar-refractivity contribution in [2.45, 2.75) is 32.7 Å². The Bertz CT molecular complexity index is 619. The summed E-state index contributed by atoms with van der Waals surface area (Å²) in [5.41, 5.74) is 0.0679. The molecule has 6 heteroatoms. The number of imidazole rings is 1. The first-order valence-corrected chi connectivity index (χ1v) is 6.02. The van der Waals surface area contributed by atoms with Crippen LogP contribution in [0, 0.1) is 0 Å². The molecule has 0 bridgehead atoms. The Labute approximate surface area is 109 Å². The summed E-state index contributed by atoms with van der Waals surface area (Å²) in [5.74, 6) is -0.236. The maximum Gasteiger partial charge on any atom is 0.329 e. The zero-order valence-electron chi connectivity index (χ0n) is 10.4. The molecular formula is C12H14ClN3O2. The number of fused-ring (bicyclic) bond motifs is 1. The van der Waals surface area contributed by atoms with Crippen molar-refractivity contribution in [2.75, 3.05) is 0 Å². The van der Waals surface area contributed by atoms with Crippen LogP contribution >= 0.6 is 11.6 Å². The molecule has 5 nitrogen and oxygen atoms in total. The second-order valence-corrected chi connectivity index (χ2v) is 5.01. The van der Waals surface area contributed by atoms with Gasteiger partial charge in [0.15, 0.2) is 5.65 Å². The van der Waals surface area contributed by atoms with Gasteiger partial charge in [0, 0.05) is 12.6 Å². The number of carboxylic acids is 1. The molecule has 1 N–H and O–H groups in total. The third-order valence-corrected chi connectivity index (χ3v) is 3.14. The Morgan fingerprint density at radius 2 is 2.22 bits per heavy atom. The number of aromatic nitrogens is 3. The fraction of sp³-hybridized carbons (Fsp3) is 0.417. The van der Waals surface area contributed by atoms with Gasteiger partial charge in [-0.1, -0.05) is 18.5 Å². The molecule has 96 valence electrons. The Kier molecular flexibility index (Phi) is 3.02. The van der Waals surface area contributed by atoms with Gasteiger partial charge in [-0.25, -0.2) is 14.8 Å². The van der Waals surface area contributed by atoms with E-state index in [-0.39, 0.29) is 0 Å². The SMILES string of the molecule is CCc1nc2cc(Cl)cnc2n1C(C)(C)C(=O)O. The van der Waals surface area contributed by atoms with Crippen LogP contribution < -0.4 is 0 Å². The minimum Gasteiger partial charge on any atom is -0.480 e. The van der Waals surface area contributed by atoms with Crippen molar-refractivity contribution >= 4 is 28.7 Å². The Balaban J connectivity index is 2.79. The van der Waals surface area contributed by atoms with E-state index in [0.717, 1.165) is 0 Å². The van der Waals surface area contributed by atoms with E-state index in [1.807, 2.05) is 6.92 Å². The molecule has 2 rings (SSSR count). The summed E-state index contributed by atoms with van der Waals surface area (Å²) in [7, 11) is 0. The van der Waals surface area contributed by atoms with Crippen LogP contribution in [0.25, 0.3) is 11.2 Å². The molecule has 0 fully saturated rings. The highest BCUT2D eigenvalue weighted by atomic mass is 35.5. The van der Waals surface area contributed by atoms with Crippen molar-refractivity contribution < 1.29 is 9.90 Å². The molecule has 0 saturated heterocycles. The lowest BCUT2D eigenvalue weighted by Gasteiger charge is -2.23. The standard InChI is InChI=1S/C12H14ClN3O2/c1-4-9-15-8-5-7(13)6-14-10(8)16(9)12(2,3)11(17)18/h5-6H,4H2,1-3H3,(H,17,18). The Morgan fingerprint density at radius 1 is 1.56 bits per heavy atom. The molecule has 0 aliphatic carbocycles. The van der Waals surface area contributed by atoms with Crippen LogP contribution in [0.1, 0.15) is 26.6 Å². The molecule has 2 aromatic rings. The van der Waals surface area contributed by atoms with Crippen LogP contribution in [0.15, 0.2) is 12.3 Å². The first-order chi connectivity index (χ1) is 8.37. The first-order valence-electron chi connectivity index (χ1n) is 5.64. The minimum atomic E-state index is -1.10. The van der Waals surface area contributed by atoms with E-state index in [4.69, 9.17) is 11.6 Å². The Hall–Kier alpha value is -1.62. The van der Waals surface area contributed by atoms with E-state index in [0.29, 0.717) is 28.4 Å². The average Bonchev–Trinajstić information content (AvgIpc) is 2.66. The van der Waals surface area contributed by atoms with Crippen molar-refractivity contribution in [1.29, 1.82) is 0 Å². The van der Waals surface area contributed by atoms with Gasteiger partial charge in [-0.2, -0.15) is 0 Å². The number of aryl methyl sites for hydroxylation is 1. The summed E-state index contributed by atoms with van der Waals surface area (Å²) in [6.07, 6.45) is 2.13. The highest BCUT2D eigenvalue weighted by Gasteiger charge is 2.33. The lowest BCUT2D eigenvalue weighted by molar-refractivity contribution is -0.145. The number of hydrogen-bond donors (Lipinski definition) is 1. The second kappa shape index (κ2) is 4.24. The Morgan fingerprint density at radius 3 is 2.78 bits per heavy atom. The van der Waals surface area contributed by atoms with Gasteiger partial charge in [-0.05, 0) is 19.9 Å². The number of pyridine rings is 1. The lowest BCUT2D eigenvalue weighted by Crippen LogP contribution is -2.37. The van der Waals surface area contributed by atoms with Crippen LogP contribution in [0.3, 0.4) is 0 Å². The molecule has 2 aromatic heterocycles. The van der Waals surface area contributed by atoms with Crippen molar-refractivity contribution in [3.63, 3.8) is 0 Å². The summed E-state index contributed by atoms with van der Waals surface area (Å²) in [6.45, 7) is 5.19. The first kappa shape index (κ1) is 12.8.